The molecule has 0 aliphatic carbocycles. The summed E-state index contributed by atoms with van der Waals surface area (Å²) in [6.45, 7) is 5.50. The number of hydrogen-bond donors (Lipinski definition) is 0. The molecule has 29 heavy (non-hydrogen) atoms. The molecule has 0 spiro atoms. The monoisotopic (exact) mass is 422 g/mol. The van der Waals surface area contributed by atoms with Crippen molar-refractivity contribution < 1.29 is 21.6 Å². The first kappa shape index (κ1) is 21.1. The minimum absolute atomic E-state index is 0.000947. The highest BCUT2D eigenvalue weighted by Crippen LogP contribution is 2.33. The normalized spacial score (nSPS) is 12.5. The first-order valence-corrected chi connectivity index (χ1v) is 10.7. The van der Waals surface area contributed by atoms with Crippen molar-refractivity contribution in [3.63, 3.8) is 0 Å². The topological polar surface area (TPSA) is 52.0 Å². The molecule has 0 atom stereocenters. The van der Waals surface area contributed by atoms with Crippen LogP contribution >= 0.6 is 0 Å². The molecular formula is C21H21F3N2O2S. The molecule has 0 radical (unpaired) electrons. The molecule has 2 aromatic carbocycles. The predicted octanol–water partition coefficient (Wildman–Crippen LogP) is 5.30. The number of rotatable bonds is 5. The van der Waals surface area contributed by atoms with Gasteiger partial charge in [-0.1, -0.05) is 43.7 Å². The second-order valence-electron chi connectivity index (χ2n) is 7.36. The Labute approximate surface area is 167 Å². The van der Waals surface area contributed by atoms with Crippen molar-refractivity contribution in [3.8, 4) is 16.9 Å². The number of sulfone groups is 1. The van der Waals surface area contributed by atoms with Gasteiger partial charge in [-0.2, -0.15) is 18.3 Å². The third kappa shape index (κ3) is 4.70. The fourth-order valence-corrected chi connectivity index (χ4v) is 4.60. The Hall–Kier alpha value is -2.61. The Balaban J connectivity index is 2.08. The maximum Gasteiger partial charge on any atom is 0.435 e. The van der Waals surface area contributed by atoms with Crippen molar-refractivity contribution in [2.24, 2.45) is 5.92 Å². The number of aromatic nitrogens is 2. The van der Waals surface area contributed by atoms with Gasteiger partial charge in [-0.15, -0.1) is 0 Å². The van der Waals surface area contributed by atoms with Crippen molar-refractivity contribution in [1.82, 2.24) is 9.78 Å². The van der Waals surface area contributed by atoms with Crippen LogP contribution in [-0.4, -0.2) is 24.0 Å². The van der Waals surface area contributed by atoms with Crippen molar-refractivity contribution in [1.29, 1.82) is 0 Å². The molecule has 0 saturated heterocycles. The van der Waals surface area contributed by atoms with E-state index in [4.69, 9.17) is 0 Å². The molecule has 8 heteroatoms. The summed E-state index contributed by atoms with van der Waals surface area (Å²) in [5.41, 5.74) is 1.17. The molecule has 154 valence electrons. The highest BCUT2D eigenvalue weighted by Gasteiger charge is 2.35. The quantitative estimate of drug-likeness (QED) is 0.561. The van der Waals surface area contributed by atoms with Gasteiger partial charge in [0.25, 0.3) is 0 Å². The molecule has 4 nitrogen and oxygen atoms in total. The Morgan fingerprint density at radius 2 is 1.59 bits per heavy atom. The highest BCUT2D eigenvalue weighted by atomic mass is 32.2. The van der Waals surface area contributed by atoms with Gasteiger partial charge in [-0.3, -0.25) is 0 Å². The summed E-state index contributed by atoms with van der Waals surface area (Å²) in [4.78, 5) is 0.134. The van der Waals surface area contributed by atoms with E-state index in [1.165, 1.54) is 28.9 Å². The molecule has 0 aliphatic rings. The van der Waals surface area contributed by atoms with Gasteiger partial charge in [0.15, 0.2) is 15.5 Å². The first-order valence-electron chi connectivity index (χ1n) is 9.05. The van der Waals surface area contributed by atoms with Crippen LogP contribution in [0, 0.1) is 12.8 Å². The molecular weight excluding hydrogens is 401 g/mol. The van der Waals surface area contributed by atoms with E-state index in [0.29, 0.717) is 11.3 Å². The lowest BCUT2D eigenvalue weighted by atomic mass is 10.1. The van der Waals surface area contributed by atoms with E-state index in [0.717, 1.165) is 11.6 Å². The Morgan fingerprint density at radius 3 is 2.10 bits per heavy atom. The second kappa shape index (κ2) is 7.67. The van der Waals surface area contributed by atoms with Crippen molar-refractivity contribution in [2.75, 3.05) is 5.75 Å². The van der Waals surface area contributed by atoms with E-state index in [1.807, 2.05) is 32.9 Å². The summed E-state index contributed by atoms with van der Waals surface area (Å²) >= 11 is 0. The average molecular weight is 422 g/mol. The second-order valence-corrected chi connectivity index (χ2v) is 9.39. The lowest BCUT2D eigenvalue weighted by Crippen LogP contribution is -2.12. The molecule has 0 fully saturated rings. The molecule has 0 unspecified atom stereocenters. The number of benzene rings is 2. The number of alkyl halides is 3. The molecule has 0 aliphatic heterocycles. The maximum atomic E-state index is 13.3. The van der Waals surface area contributed by atoms with Gasteiger partial charge in [0.05, 0.1) is 22.0 Å². The van der Waals surface area contributed by atoms with Crippen LogP contribution in [0.5, 0.6) is 0 Å². The number of aryl methyl sites for hydroxylation is 1. The van der Waals surface area contributed by atoms with Gasteiger partial charge >= 0.3 is 6.18 Å². The van der Waals surface area contributed by atoms with Gasteiger partial charge in [0.1, 0.15) is 0 Å². The highest BCUT2D eigenvalue weighted by molar-refractivity contribution is 7.91. The summed E-state index contributed by atoms with van der Waals surface area (Å²) in [7, 11) is -3.45. The van der Waals surface area contributed by atoms with E-state index in [-0.39, 0.29) is 22.3 Å². The minimum Gasteiger partial charge on any atom is -0.233 e. The summed E-state index contributed by atoms with van der Waals surface area (Å²) in [6, 6.07) is 13.8. The third-order valence-corrected chi connectivity index (χ3v) is 6.44. The summed E-state index contributed by atoms with van der Waals surface area (Å²) in [5.74, 6) is -0.0331. The van der Waals surface area contributed by atoms with Crippen LogP contribution in [0.1, 0.15) is 25.1 Å². The molecule has 0 bridgehead atoms. The molecule has 0 N–H and O–H groups in total. The maximum absolute atomic E-state index is 13.3. The van der Waals surface area contributed by atoms with Gasteiger partial charge in [0, 0.05) is 5.56 Å². The van der Waals surface area contributed by atoms with Gasteiger partial charge in [-0.05, 0) is 43.2 Å². The Kier molecular flexibility index (Phi) is 5.58. The zero-order valence-corrected chi connectivity index (χ0v) is 17.1. The Bertz CT molecular complexity index is 1100. The van der Waals surface area contributed by atoms with E-state index in [2.05, 4.69) is 5.10 Å². The molecule has 3 rings (SSSR count). The summed E-state index contributed by atoms with van der Waals surface area (Å²) in [5, 5.41) is 3.73. The van der Waals surface area contributed by atoms with Crippen LogP contribution in [0.25, 0.3) is 16.9 Å². The summed E-state index contributed by atoms with van der Waals surface area (Å²) in [6.07, 6.45) is -4.59. The van der Waals surface area contributed by atoms with Crippen LogP contribution < -0.4 is 0 Å². The van der Waals surface area contributed by atoms with E-state index in [1.54, 1.807) is 12.1 Å². The molecule has 0 saturated carbocycles. The van der Waals surface area contributed by atoms with E-state index < -0.39 is 21.7 Å². The largest absolute Gasteiger partial charge is 0.435 e. The van der Waals surface area contributed by atoms with Crippen LogP contribution in [0.4, 0.5) is 13.2 Å². The van der Waals surface area contributed by atoms with Crippen LogP contribution in [0.15, 0.2) is 59.5 Å². The summed E-state index contributed by atoms with van der Waals surface area (Å²) < 4.78 is 65.7. The number of nitrogens with zero attached hydrogens (tertiary/aromatic N) is 2. The lowest BCUT2D eigenvalue weighted by molar-refractivity contribution is -0.141. The number of halogens is 3. The molecule has 1 heterocycles. The number of hydrogen-bond acceptors (Lipinski definition) is 3. The lowest BCUT2D eigenvalue weighted by Gasteiger charge is -2.10. The predicted molar refractivity (Wildman–Crippen MR) is 106 cm³/mol. The van der Waals surface area contributed by atoms with Crippen molar-refractivity contribution in [2.45, 2.75) is 31.8 Å². The fraction of sp³-hybridized carbons (Fsp3) is 0.286. The Morgan fingerprint density at radius 1 is 1.00 bits per heavy atom. The van der Waals surface area contributed by atoms with Gasteiger partial charge < -0.3 is 0 Å². The van der Waals surface area contributed by atoms with Crippen molar-refractivity contribution in [3.05, 3.63) is 65.9 Å². The first-order chi connectivity index (χ1) is 13.5. The zero-order chi connectivity index (χ0) is 21.4. The van der Waals surface area contributed by atoms with Gasteiger partial charge in [0.2, 0.25) is 0 Å². The fourth-order valence-electron chi connectivity index (χ4n) is 2.98. The molecule has 0 amide bonds. The average Bonchev–Trinajstić information content (AvgIpc) is 3.07. The van der Waals surface area contributed by atoms with E-state index >= 15 is 0 Å². The SMILES string of the molecule is Cc1ccc(-c2cc(C(F)(F)F)nn2-c2ccc(S(=O)(=O)CC(C)C)cc2)cc1. The van der Waals surface area contributed by atoms with E-state index in [9.17, 15) is 21.6 Å². The molecule has 3 aromatic rings. The standard InChI is InChI=1S/C21H21F3N2O2S/c1-14(2)13-29(27,28)18-10-8-17(9-11-18)26-19(12-20(25-26)21(22,23)24)16-6-4-15(3)5-7-16/h4-12,14H,13H2,1-3H3. The third-order valence-electron chi connectivity index (χ3n) is 4.34. The van der Waals surface area contributed by atoms with Crippen LogP contribution in [-0.2, 0) is 16.0 Å². The van der Waals surface area contributed by atoms with Crippen molar-refractivity contribution >= 4 is 9.84 Å². The smallest absolute Gasteiger partial charge is 0.233 e. The molecule has 1 aromatic heterocycles. The van der Waals surface area contributed by atoms with Crippen LogP contribution in [0.3, 0.4) is 0 Å². The minimum atomic E-state index is -4.59. The zero-order valence-electron chi connectivity index (χ0n) is 16.2. The van der Waals surface area contributed by atoms with Gasteiger partial charge in [-0.25, -0.2) is 13.1 Å². The van der Waals surface area contributed by atoms with Crippen LogP contribution in [0.2, 0.25) is 0 Å².